The van der Waals surface area contributed by atoms with Crippen molar-refractivity contribution in [3.8, 4) is 17.2 Å². The monoisotopic (exact) mass is 642 g/mol. The molecule has 3 rings (SSSR count). The smallest absolute Gasteiger partial charge is 0.435 e. The van der Waals surface area contributed by atoms with Gasteiger partial charge in [-0.15, -0.1) is 0 Å². The summed E-state index contributed by atoms with van der Waals surface area (Å²) in [4.78, 5) is 27.3. The SMILES string of the molecule is CCN(C(=O)c1ccccc1F)c1cccc(C(=O)Nc2c(O)cc(C(F)(C(F)(F)F)C(F)(F)F)cc2OC(F)F)c1OC. The number of anilines is 2. The molecule has 44 heavy (non-hydrogen) atoms. The Morgan fingerprint density at radius 3 is 2.05 bits per heavy atom. The molecule has 2 amide bonds. The van der Waals surface area contributed by atoms with Gasteiger partial charge in [-0.05, 0) is 43.3 Å². The summed E-state index contributed by atoms with van der Waals surface area (Å²) < 4.78 is 144. The lowest BCUT2D eigenvalue weighted by atomic mass is 9.93. The van der Waals surface area contributed by atoms with E-state index in [1.54, 1.807) is 0 Å². The number of nitrogens with one attached hydrogen (secondary N) is 1. The Bertz CT molecular complexity index is 1530. The van der Waals surface area contributed by atoms with Gasteiger partial charge in [-0.2, -0.15) is 35.1 Å². The van der Waals surface area contributed by atoms with Gasteiger partial charge in [0.2, 0.25) is 0 Å². The number of benzene rings is 3. The van der Waals surface area contributed by atoms with Crippen molar-refractivity contribution in [1.82, 2.24) is 0 Å². The quantitative estimate of drug-likeness (QED) is 0.188. The third-order valence-electron chi connectivity index (χ3n) is 6.11. The predicted molar refractivity (Wildman–Crippen MR) is 134 cm³/mol. The minimum atomic E-state index is -6.66. The number of aromatic hydroxyl groups is 1. The summed E-state index contributed by atoms with van der Waals surface area (Å²) in [5.74, 6) is -6.84. The standard InChI is InChI=1S/C27H20F10N2O5/c1-3-39(23(42)14-7-4-5-9-16(14)28)17-10-6-8-15(21(17)43-2)22(41)38-20-18(40)11-13(12-19(20)44-24(29)30)25(31,26(32,33)34)27(35,36)37/h4-12,24,40H,3H2,1-2H3,(H,38,41). The molecule has 0 saturated heterocycles. The highest BCUT2D eigenvalue weighted by molar-refractivity contribution is 6.11. The van der Waals surface area contributed by atoms with Crippen LogP contribution < -0.4 is 19.7 Å². The number of halogens is 10. The zero-order valence-corrected chi connectivity index (χ0v) is 22.3. The Balaban J connectivity index is 2.12. The van der Waals surface area contributed by atoms with E-state index in [1.165, 1.54) is 37.3 Å². The summed E-state index contributed by atoms with van der Waals surface area (Å²) in [6.45, 7) is -2.54. The summed E-state index contributed by atoms with van der Waals surface area (Å²) in [5.41, 5.74) is -10.7. The lowest BCUT2D eigenvalue weighted by Crippen LogP contribution is -2.50. The topological polar surface area (TPSA) is 88.1 Å². The number of methoxy groups -OCH3 is 1. The number of rotatable bonds is 9. The van der Waals surface area contributed by atoms with E-state index in [9.17, 15) is 58.6 Å². The Hall–Kier alpha value is -4.70. The van der Waals surface area contributed by atoms with Crippen molar-refractivity contribution >= 4 is 23.2 Å². The van der Waals surface area contributed by atoms with E-state index in [1.807, 2.05) is 5.32 Å². The largest absolute Gasteiger partial charge is 0.506 e. The van der Waals surface area contributed by atoms with Gasteiger partial charge in [-0.3, -0.25) is 9.59 Å². The normalized spacial score (nSPS) is 12.2. The molecular weight excluding hydrogens is 622 g/mol. The van der Waals surface area contributed by atoms with Crippen LogP contribution in [-0.4, -0.2) is 49.5 Å². The highest BCUT2D eigenvalue weighted by Crippen LogP contribution is 2.55. The predicted octanol–water partition coefficient (Wildman–Crippen LogP) is 7.35. The molecule has 0 aliphatic rings. The number of para-hydroxylation sites is 1. The number of ether oxygens (including phenoxy) is 2. The summed E-state index contributed by atoms with van der Waals surface area (Å²) in [6.07, 6.45) is -13.3. The van der Waals surface area contributed by atoms with Crippen LogP contribution in [0.1, 0.15) is 33.2 Å². The van der Waals surface area contributed by atoms with E-state index in [0.717, 1.165) is 24.1 Å². The molecule has 0 aliphatic heterocycles. The molecule has 0 atom stereocenters. The molecule has 0 aliphatic carbocycles. The average molecular weight is 642 g/mol. The summed E-state index contributed by atoms with van der Waals surface area (Å²) in [6, 6.07) is 7.70. The maximum absolute atomic E-state index is 14.6. The van der Waals surface area contributed by atoms with Gasteiger partial charge in [-0.25, -0.2) is 8.78 Å². The molecule has 0 bridgehead atoms. The van der Waals surface area contributed by atoms with Crippen LogP contribution in [0, 0.1) is 5.82 Å². The number of carbonyl (C=O) groups excluding carboxylic acids is 2. The van der Waals surface area contributed by atoms with Crippen molar-refractivity contribution in [3.63, 3.8) is 0 Å². The number of alkyl halides is 9. The van der Waals surface area contributed by atoms with E-state index in [-0.39, 0.29) is 29.6 Å². The van der Waals surface area contributed by atoms with Crippen LogP contribution in [0.25, 0.3) is 0 Å². The van der Waals surface area contributed by atoms with Gasteiger partial charge in [0.05, 0.1) is 23.9 Å². The van der Waals surface area contributed by atoms with Crippen LogP contribution in [0.3, 0.4) is 0 Å². The second kappa shape index (κ2) is 12.5. The molecule has 2 N–H and O–H groups in total. The second-order valence-electron chi connectivity index (χ2n) is 8.74. The zero-order valence-electron chi connectivity index (χ0n) is 22.3. The molecule has 0 fully saturated rings. The van der Waals surface area contributed by atoms with Crippen LogP contribution in [0.2, 0.25) is 0 Å². The van der Waals surface area contributed by atoms with E-state index in [4.69, 9.17) is 4.74 Å². The summed E-state index contributed by atoms with van der Waals surface area (Å²) in [7, 11) is 1.05. The number of phenolic OH excluding ortho intramolecular Hbond substituents is 1. The van der Waals surface area contributed by atoms with Gasteiger partial charge in [0.15, 0.2) is 11.5 Å². The minimum Gasteiger partial charge on any atom is -0.506 e. The zero-order chi connectivity index (χ0) is 33.2. The van der Waals surface area contributed by atoms with Crippen molar-refractivity contribution < 1.29 is 68.1 Å². The van der Waals surface area contributed by atoms with Crippen LogP contribution in [0.15, 0.2) is 54.6 Å². The number of carbonyl (C=O) groups is 2. The summed E-state index contributed by atoms with van der Waals surface area (Å²) >= 11 is 0. The first kappa shape index (κ1) is 33.8. The molecule has 17 heteroatoms. The first-order valence-electron chi connectivity index (χ1n) is 12.1. The van der Waals surface area contributed by atoms with Gasteiger partial charge < -0.3 is 24.8 Å². The number of hydrogen-bond donors (Lipinski definition) is 2. The van der Waals surface area contributed by atoms with E-state index in [2.05, 4.69) is 4.74 Å². The molecule has 0 radical (unpaired) electrons. The minimum absolute atomic E-state index is 0.105. The molecule has 3 aromatic carbocycles. The van der Waals surface area contributed by atoms with Crippen LogP contribution >= 0.6 is 0 Å². The van der Waals surface area contributed by atoms with Gasteiger partial charge in [0, 0.05) is 12.1 Å². The van der Waals surface area contributed by atoms with Gasteiger partial charge in [-0.1, -0.05) is 18.2 Å². The van der Waals surface area contributed by atoms with Crippen LogP contribution in [-0.2, 0) is 5.67 Å². The van der Waals surface area contributed by atoms with Crippen molar-refractivity contribution in [2.45, 2.75) is 31.6 Å². The fourth-order valence-electron chi connectivity index (χ4n) is 4.12. The number of amides is 2. The van der Waals surface area contributed by atoms with Crippen molar-refractivity contribution in [1.29, 1.82) is 0 Å². The van der Waals surface area contributed by atoms with Crippen LogP contribution in [0.5, 0.6) is 17.2 Å². The van der Waals surface area contributed by atoms with E-state index in [0.29, 0.717) is 0 Å². The lowest BCUT2D eigenvalue weighted by molar-refractivity contribution is -0.348. The fraction of sp³-hybridized carbons (Fsp3) is 0.259. The Labute approximate surface area is 241 Å². The maximum Gasteiger partial charge on any atom is 0.435 e. The van der Waals surface area contributed by atoms with Gasteiger partial charge >= 0.3 is 24.6 Å². The number of nitrogens with zero attached hydrogens (tertiary/aromatic N) is 1. The van der Waals surface area contributed by atoms with Gasteiger partial charge in [0.1, 0.15) is 17.3 Å². The first-order valence-corrected chi connectivity index (χ1v) is 12.1. The molecule has 0 spiro atoms. The Morgan fingerprint density at radius 1 is 0.932 bits per heavy atom. The Morgan fingerprint density at radius 2 is 1.52 bits per heavy atom. The molecule has 0 unspecified atom stereocenters. The lowest BCUT2D eigenvalue weighted by Gasteiger charge is -2.31. The average Bonchev–Trinajstić information content (AvgIpc) is 2.93. The fourth-order valence-corrected chi connectivity index (χ4v) is 4.12. The molecule has 0 aromatic heterocycles. The van der Waals surface area contributed by atoms with Crippen molar-refractivity contribution in [2.24, 2.45) is 0 Å². The van der Waals surface area contributed by atoms with E-state index < -0.39 is 76.6 Å². The van der Waals surface area contributed by atoms with Crippen molar-refractivity contribution in [3.05, 3.63) is 77.1 Å². The number of phenols is 1. The molecular formula is C27H20F10N2O5. The first-order chi connectivity index (χ1) is 20.4. The highest BCUT2D eigenvalue weighted by Gasteiger charge is 2.73. The molecule has 238 valence electrons. The third kappa shape index (κ3) is 6.30. The third-order valence-corrected chi connectivity index (χ3v) is 6.11. The van der Waals surface area contributed by atoms with Crippen LogP contribution in [0.4, 0.5) is 55.3 Å². The van der Waals surface area contributed by atoms with Crippen molar-refractivity contribution in [2.75, 3.05) is 23.9 Å². The molecule has 0 heterocycles. The Kier molecular flexibility index (Phi) is 9.60. The number of hydrogen-bond acceptors (Lipinski definition) is 5. The second-order valence-corrected chi connectivity index (χ2v) is 8.74. The summed E-state index contributed by atoms with van der Waals surface area (Å²) in [5, 5.41) is 12.1. The highest BCUT2D eigenvalue weighted by atomic mass is 19.4. The molecule has 0 saturated carbocycles. The maximum atomic E-state index is 14.6. The van der Waals surface area contributed by atoms with E-state index >= 15 is 0 Å². The molecule has 7 nitrogen and oxygen atoms in total. The van der Waals surface area contributed by atoms with Gasteiger partial charge in [0.25, 0.3) is 11.8 Å². The molecule has 3 aromatic rings.